The highest BCUT2D eigenvalue weighted by Gasteiger charge is 2.28. The molecular weight excluding hydrogens is 298 g/mol. The maximum atomic E-state index is 11.3. The number of nitrogens with zero attached hydrogens (tertiary/aromatic N) is 2. The standard InChI is InChI=1S/C12H17N3O5S/c1-8-6-14(7-9(2)20-8)11-4-3-10(21(13,18)19)5-12(11)15(16)17/h3-5,8-9H,6-7H2,1-2H3,(H2,13,18,19)/t8-,9-/m1/s1. The topological polar surface area (TPSA) is 116 Å². The molecular formula is C12H17N3O5S. The molecule has 0 aliphatic carbocycles. The van der Waals surface area contributed by atoms with E-state index in [1.807, 2.05) is 18.7 Å². The normalized spacial score (nSPS) is 23.1. The van der Waals surface area contributed by atoms with E-state index in [2.05, 4.69) is 0 Å². The van der Waals surface area contributed by atoms with Crippen LogP contribution in [0.1, 0.15) is 13.8 Å². The summed E-state index contributed by atoms with van der Waals surface area (Å²) < 4.78 is 28.2. The molecule has 116 valence electrons. The van der Waals surface area contributed by atoms with Crippen LogP contribution < -0.4 is 10.0 Å². The van der Waals surface area contributed by atoms with E-state index in [0.29, 0.717) is 18.8 Å². The van der Waals surface area contributed by atoms with Gasteiger partial charge in [-0.3, -0.25) is 10.1 Å². The lowest BCUT2D eigenvalue weighted by atomic mass is 10.2. The van der Waals surface area contributed by atoms with Crippen LogP contribution >= 0.6 is 0 Å². The Morgan fingerprint density at radius 2 is 1.90 bits per heavy atom. The highest BCUT2D eigenvalue weighted by atomic mass is 32.2. The Morgan fingerprint density at radius 3 is 2.38 bits per heavy atom. The van der Waals surface area contributed by atoms with Crippen LogP contribution in [0.4, 0.5) is 11.4 Å². The molecule has 0 amide bonds. The van der Waals surface area contributed by atoms with Crippen molar-refractivity contribution in [1.82, 2.24) is 0 Å². The van der Waals surface area contributed by atoms with Crippen LogP contribution in [-0.4, -0.2) is 38.6 Å². The molecule has 1 aliphatic rings. The second kappa shape index (κ2) is 5.58. The zero-order chi connectivity index (χ0) is 15.8. The Kier molecular flexibility index (Phi) is 4.17. The average Bonchev–Trinajstić information content (AvgIpc) is 2.35. The molecule has 1 aliphatic heterocycles. The molecule has 8 nitrogen and oxygen atoms in total. The Bertz CT molecular complexity index is 651. The third-order valence-electron chi connectivity index (χ3n) is 3.23. The van der Waals surface area contributed by atoms with Crippen molar-refractivity contribution >= 4 is 21.4 Å². The van der Waals surface area contributed by atoms with E-state index >= 15 is 0 Å². The maximum absolute atomic E-state index is 11.3. The lowest BCUT2D eigenvalue weighted by molar-refractivity contribution is -0.384. The number of anilines is 1. The van der Waals surface area contributed by atoms with Gasteiger partial charge in [-0.2, -0.15) is 0 Å². The smallest absolute Gasteiger partial charge is 0.293 e. The van der Waals surface area contributed by atoms with Gasteiger partial charge in [0.15, 0.2) is 0 Å². The van der Waals surface area contributed by atoms with Crippen molar-refractivity contribution in [3.63, 3.8) is 0 Å². The van der Waals surface area contributed by atoms with Gasteiger partial charge in [-0.1, -0.05) is 0 Å². The lowest BCUT2D eigenvalue weighted by Gasteiger charge is -2.36. The fraction of sp³-hybridized carbons (Fsp3) is 0.500. The maximum Gasteiger partial charge on any atom is 0.293 e. The van der Waals surface area contributed by atoms with Gasteiger partial charge in [0, 0.05) is 19.2 Å². The molecule has 9 heteroatoms. The molecule has 0 aromatic heterocycles. The number of morpholine rings is 1. The SMILES string of the molecule is C[C@@H]1CN(c2ccc(S(N)(=O)=O)cc2[N+](=O)[O-])C[C@@H](C)O1. The van der Waals surface area contributed by atoms with Crippen molar-refractivity contribution in [3.05, 3.63) is 28.3 Å². The molecule has 0 saturated carbocycles. The van der Waals surface area contributed by atoms with Gasteiger partial charge in [0.25, 0.3) is 5.69 Å². The first-order valence-electron chi connectivity index (χ1n) is 6.40. The molecule has 0 bridgehead atoms. The molecule has 0 unspecified atom stereocenters. The highest BCUT2D eigenvalue weighted by Crippen LogP contribution is 2.32. The third-order valence-corrected chi connectivity index (χ3v) is 4.14. The first-order valence-corrected chi connectivity index (χ1v) is 7.94. The van der Waals surface area contributed by atoms with Gasteiger partial charge in [-0.15, -0.1) is 0 Å². The second-order valence-electron chi connectivity index (χ2n) is 5.11. The van der Waals surface area contributed by atoms with Gasteiger partial charge in [0.1, 0.15) is 5.69 Å². The number of nitro groups is 1. The molecule has 0 spiro atoms. The van der Waals surface area contributed by atoms with Crippen LogP contribution in [0.15, 0.2) is 23.1 Å². The Balaban J connectivity index is 2.46. The Hall–Kier alpha value is -1.71. The van der Waals surface area contributed by atoms with Crippen molar-refractivity contribution in [2.75, 3.05) is 18.0 Å². The highest BCUT2D eigenvalue weighted by molar-refractivity contribution is 7.89. The van der Waals surface area contributed by atoms with Gasteiger partial charge in [-0.05, 0) is 26.0 Å². The number of primary sulfonamides is 1. The summed E-state index contributed by atoms with van der Waals surface area (Å²) >= 11 is 0. The van der Waals surface area contributed by atoms with Crippen LogP contribution in [0.5, 0.6) is 0 Å². The van der Waals surface area contributed by atoms with Crippen LogP contribution in [0.25, 0.3) is 0 Å². The molecule has 1 aromatic rings. The van der Waals surface area contributed by atoms with E-state index in [1.165, 1.54) is 12.1 Å². The minimum Gasteiger partial charge on any atom is -0.372 e. The van der Waals surface area contributed by atoms with Gasteiger partial charge in [-0.25, -0.2) is 13.6 Å². The Labute approximate surface area is 122 Å². The fourth-order valence-corrected chi connectivity index (χ4v) is 3.00. The minimum absolute atomic E-state index is 0.0636. The van der Waals surface area contributed by atoms with Crippen molar-refractivity contribution in [1.29, 1.82) is 0 Å². The summed E-state index contributed by atoms with van der Waals surface area (Å²) in [4.78, 5) is 12.2. The molecule has 1 aromatic carbocycles. The molecule has 1 fully saturated rings. The molecule has 1 heterocycles. The number of nitrogens with two attached hydrogens (primary N) is 1. The van der Waals surface area contributed by atoms with Crippen LogP contribution in [0.3, 0.4) is 0 Å². The number of hydrogen-bond donors (Lipinski definition) is 1. The van der Waals surface area contributed by atoms with Crippen molar-refractivity contribution in [2.45, 2.75) is 31.0 Å². The largest absolute Gasteiger partial charge is 0.372 e. The zero-order valence-corrected chi connectivity index (χ0v) is 12.5. The predicted molar refractivity (Wildman–Crippen MR) is 76.7 cm³/mol. The third kappa shape index (κ3) is 3.49. The van der Waals surface area contributed by atoms with Gasteiger partial charge in [0.2, 0.25) is 10.0 Å². The van der Waals surface area contributed by atoms with E-state index in [4.69, 9.17) is 9.88 Å². The van der Waals surface area contributed by atoms with E-state index in [-0.39, 0.29) is 22.8 Å². The van der Waals surface area contributed by atoms with E-state index in [0.717, 1.165) is 6.07 Å². The average molecular weight is 315 g/mol. The monoisotopic (exact) mass is 315 g/mol. The number of rotatable bonds is 3. The van der Waals surface area contributed by atoms with E-state index < -0.39 is 14.9 Å². The first-order chi connectivity index (χ1) is 9.68. The second-order valence-corrected chi connectivity index (χ2v) is 6.68. The lowest BCUT2D eigenvalue weighted by Crippen LogP contribution is -2.45. The molecule has 0 radical (unpaired) electrons. The van der Waals surface area contributed by atoms with Gasteiger partial charge in [0.05, 0.1) is 22.0 Å². The Morgan fingerprint density at radius 1 is 1.33 bits per heavy atom. The number of sulfonamides is 1. The number of ether oxygens (including phenoxy) is 1. The summed E-state index contributed by atoms with van der Waals surface area (Å²) in [6, 6.07) is 3.70. The van der Waals surface area contributed by atoms with Gasteiger partial charge >= 0.3 is 0 Å². The zero-order valence-electron chi connectivity index (χ0n) is 11.7. The van der Waals surface area contributed by atoms with Crippen LogP contribution in [0, 0.1) is 10.1 Å². The summed E-state index contributed by atoms with van der Waals surface area (Å²) in [6.45, 7) is 4.76. The number of hydrogen-bond acceptors (Lipinski definition) is 6. The number of nitro benzene ring substituents is 1. The van der Waals surface area contributed by atoms with Crippen molar-refractivity contribution in [2.24, 2.45) is 5.14 Å². The summed E-state index contributed by atoms with van der Waals surface area (Å²) in [5, 5.41) is 16.2. The summed E-state index contributed by atoms with van der Waals surface area (Å²) in [5.41, 5.74) is 0.0947. The molecule has 2 atom stereocenters. The molecule has 21 heavy (non-hydrogen) atoms. The predicted octanol–water partition coefficient (Wildman–Crippen LogP) is 0.856. The summed E-state index contributed by atoms with van der Waals surface area (Å²) in [6.07, 6.45) is -0.127. The van der Waals surface area contributed by atoms with Crippen molar-refractivity contribution < 1.29 is 18.1 Å². The minimum atomic E-state index is -3.98. The first kappa shape index (κ1) is 15.7. The molecule has 1 saturated heterocycles. The summed E-state index contributed by atoms with van der Waals surface area (Å²) in [7, 11) is -3.98. The number of benzene rings is 1. The summed E-state index contributed by atoms with van der Waals surface area (Å²) in [5.74, 6) is 0. The van der Waals surface area contributed by atoms with Crippen LogP contribution in [0.2, 0.25) is 0 Å². The van der Waals surface area contributed by atoms with Crippen molar-refractivity contribution in [3.8, 4) is 0 Å². The van der Waals surface area contributed by atoms with E-state index in [9.17, 15) is 18.5 Å². The van der Waals surface area contributed by atoms with E-state index in [1.54, 1.807) is 0 Å². The quantitative estimate of drug-likeness (QED) is 0.653. The fourth-order valence-electron chi connectivity index (χ4n) is 2.47. The van der Waals surface area contributed by atoms with Gasteiger partial charge < -0.3 is 9.64 Å². The van der Waals surface area contributed by atoms with Crippen LogP contribution in [-0.2, 0) is 14.8 Å². The molecule has 2 rings (SSSR count). The molecule has 2 N–H and O–H groups in total.